The molecule has 0 spiro atoms. The van der Waals surface area contributed by atoms with Crippen LogP contribution in [0.4, 0.5) is 4.39 Å². The Bertz CT molecular complexity index is 416. The summed E-state index contributed by atoms with van der Waals surface area (Å²) in [4.78, 5) is 2.59. The van der Waals surface area contributed by atoms with Gasteiger partial charge in [-0.05, 0) is 37.0 Å². The maximum Gasteiger partial charge on any atom is 0.123 e. The Balaban J connectivity index is 2.18. The van der Waals surface area contributed by atoms with Gasteiger partial charge in [0.25, 0.3) is 0 Å². The molecule has 1 aliphatic rings. The molecule has 0 aliphatic carbocycles. The normalized spacial score (nSPS) is 25.9. The van der Waals surface area contributed by atoms with E-state index in [-0.39, 0.29) is 5.82 Å². The van der Waals surface area contributed by atoms with Gasteiger partial charge >= 0.3 is 0 Å². The lowest BCUT2D eigenvalue weighted by Crippen LogP contribution is -2.58. The molecular formula is C17H27FN2. The van der Waals surface area contributed by atoms with E-state index < -0.39 is 0 Å². The van der Waals surface area contributed by atoms with E-state index >= 15 is 0 Å². The second-order valence-corrected chi connectivity index (χ2v) is 6.25. The first-order valence-corrected chi connectivity index (χ1v) is 7.77. The van der Waals surface area contributed by atoms with Crippen LogP contribution in [0, 0.1) is 11.7 Å². The molecule has 3 heteroatoms. The lowest BCUT2D eigenvalue weighted by Gasteiger charge is -2.45. The van der Waals surface area contributed by atoms with Crippen LogP contribution < -0.4 is 5.32 Å². The van der Waals surface area contributed by atoms with Crippen LogP contribution in [0.1, 0.15) is 45.7 Å². The summed E-state index contributed by atoms with van der Waals surface area (Å²) < 4.78 is 13.1. The first kappa shape index (κ1) is 15.5. The number of benzene rings is 1. The van der Waals surface area contributed by atoms with E-state index in [0.29, 0.717) is 24.0 Å². The van der Waals surface area contributed by atoms with E-state index in [1.165, 1.54) is 5.56 Å². The number of piperazine rings is 1. The summed E-state index contributed by atoms with van der Waals surface area (Å²) in [6.45, 7) is 11.1. The average Bonchev–Trinajstić information content (AvgIpc) is 2.46. The minimum atomic E-state index is -0.159. The molecule has 3 atom stereocenters. The van der Waals surface area contributed by atoms with Gasteiger partial charge in [0.15, 0.2) is 0 Å². The van der Waals surface area contributed by atoms with Crippen LogP contribution in [0.2, 0.25) is 0 Å². The minimum Gasteiger partial charge on any atom is -0.311 e. The average molecular weight is 278 g/mol. The first-order valence-electron chi connectivity index (χ1n) is 7.77. The van der Waals surface area contributed by atoms with E-state index in [0.717, 1.165) is 19.5 Å². The van der Waals surface area contributed by atoms with Crippen LogP contribution in [0.25, 0.3) is 0 Å². The standard InChI is InChI=1S/C17H27FN2/c1-5-16-11-20(17(10-19-16)12(2)3)13(4)14-6-8-15(18)9-7-14/h6-9,12-13,16-17,19H,5,10-11H2,1-4H3. The summed E-state index contributed by atoms with van der Waals surface area (Å²) in [5.41, 5.74) is 1.20. The van der Waals surface area contributed by atoms with E-state index in [9.17, 15) is 4.39 Å². The Morgan fingerprint density at radius 3 is 2.45 bits per heavy atom. The van der Waals surface area contributed by atoms with Gasteiger partial charge in [-0.3, -0.25) is 4.90 Å². The minimum absolute atomic E-state index is 0.159. The van der Waals surface area contributed by atoms with Crippen molar-refractivity contribution in [1.29, 1.82) is 0 Å². The highest BCUT2D eigenvalue weighted by Gasteiger charge is 2.32. The van der Waals surface area contributed by atoms with Gasteiger partial charge in [-0.2, -0.15) is 0 Å². The van der Waals surface area contributed by atoms with Gasteiger partial charge in [-0.1, -0.05) is 32.9 Å². The van der Waals surface area contributed by atoms with Gasteiger partial charge in [0.2, 0.25) is 0 Å². The molecule has 0 saturated carbocycles. The van der Waals surface area contributed by atoms with E-state index in [4.69, 9.17) is 0 Å². The van der Waals surface area contributed by atoms with E-state index in [2.05, 4.69) is 37.9 Å². The van der Waals surface area contributed by atoms with Crippen molar-refractivity contribution in [2.75, 3.05) is 13.1 Å². The van der Waals surface area contributed by atoms with Crippen LogP contribution in [-0.4, -0.2) is 30.1 Å². The lowest BCUT2D eigenvalue weighted by atomic mass is 9.94. The predicted octanol–water partition coefficient (Wildman–Crippen LogP) is 3.60. The molecular weight excluding hydrogens is 251 g/mol. The number of nitrogens with one attached hydrogen (secondary N) is 1. The number of hydrogen-bond acceptors (Lipinski definition) is 2. The molecule has 0 radical (unpaired) electrons. The molecule has 1 aromatic carbocycles. The second kappa shape index (κ2) is 6.68. The van der Waals surface area contributed by atoms with Crippen LogP contribution >= 0.6 is 0 Å². The highest BCUT2D eigenvalue weighted by Crippen LogP contribution is 2.28. The maximum atomic E-state index is 13.1. The maximum absolute atomic E-state index is 13.1. The summed E-state index contributed by atoms with van der Waals surface area (Å²) in [5.74, 6) is 0.455. The molecule has 2 rings (SSSR count). The molecule has 2 nitrogen and oxygen atoms in total. The Hall–Kier alpha value is -0.930. The number of nitrogens with zero attached hydrogens (tertiary/aromatic N) is 1. The fraction of sp³-hybridized carbons (Fsp3) is 0.647. The lowest BCUT2D eigenvalue weighted by molar-refractivity contribution is 0.0610. The van der Waals surface area contributed by atoms with Crippen molar-refractivity contribution in [3.8, 4) is 0 Å². The molecule has 0 aromatic heterocycles. The van der Waals surface area contributed by atoms with Gasteiger partial charge in [0.05, 0.1) is 0 Å². The van der Waals surface area contributed by atoms with E-state index in [1.54, 1.807) is 12.1 Å². The highest BCUT2D eigenvalue weighted by molar-refractivity contribution is 5.20. The summed E-state index contributed by atoms with van der Waals surface area (Å²) in [6, 6.07) is 8.40. The zero-order chi connectivity index (χ0) is 14.7. The SMILES string of the molecule is CCC1CN(C(C)c2ccc(F)cc2)C(C(C)C)CN1. The highest BCUT2D eigenvalue weighted by atomic mass is 19.1. The molecule has 1 saturated heterocycles. The summed E-state index contributed by atoms with van der Waals surface area (Å²) in [5, 5.41) is 3.64. The van der Waals surface area contributed by atoms with Crippen molar-refractivity contribution in [1.82, 2.24) is 10.2 Å². The molecule has 0 amide bonds. The zero-order valence-electron chi connectivity index (χ0n) is 13.1. The Morgan fingerprint density at radius 2 is 1.90 bits per heavy atom. The Labute approximate surface area is 122 Å². The molecule has 1 aliphatic heterocycles. The molecule has 0 bridgehead atoms. The van der Waals surface area contributed by atoms with Gasteiger partial charge < -0.3 is 5.32 Å². The van der Waals surface area contributed by atoms with Crippen molar-refractivity contribution in [2.45, 2.75) is 52.2 Å². The Kier molecular flexibility index (Phi) is 5.17. The number of halogens is 1. The molecule has 1 fully saturated rings. The quantitative estimate of drug-likeness (QED) is 0.905. The zero-order valence-corrected chi connectivity index (χ0v) is 13.1. The summed E-state index contributed by atoms with van der Waals surface area (Å²) in [6.07, 6.45) is 1.15. The third-order valence-electron chi connectivity index (χ3n) is 4.59. The fourth-order valence-corrected chi connectivity index (χ4v) is 3.13. The third-order valence-corrected chi connectivity index (χ3v) is 4.59. The topological polar surface area (TPSA) is 15.3 Å². The van der Waals surface area contributed by atoms with Crippen LogP contribution in [-0.2, 0) is 0 Å². The second-order valence-electron chi connectivity index (χ2n) is 6.25. The van der Waals surface area contributed by atoms with E-state index in [1.807, 2.05) is 12.1 Å². The van der Waals surface area contributed by atoms with Gasteiger partial charge in [0.1, 0.15) is 5.82 Å². The Morgan fingerprint density at radius 1 is 1.25 bits per heavy atom. The summed E-state index contributed by atoms with van der Waals surface area (Å²) in [7, 11) is 0. The monoisotopic (exact) mass is 278 g/mol. The van der Waals surface area contributed by atoms with Crippen molar-refractivity contribution in [2.24, 2.45) is 5.92 Å². The first-order chi connectivity index (χ1) is 9.52. The fourth-order valence-electron chi connectivity index (χ4n) is 3.13. The van der Waals surface area contributed by atoms with Gasteiger partial charge in [-0.25, -0.2) is 4.39 Å². The largest absolute Gasteiger partial charge is 0.311 e. The smallest absolute Gasteiger partial charge is 0.123 e. The summed E-state index contributed by atoms with van der Waals surface area (Å²) >= 11 is 0. The predicted molar refractivity (Wildman–Crippen MR) is 82.2 cm³/mol. The van der Waals surface area contributed by atoms with Gasteiger partial charge in [0, 0.05) is 31.2 Å². The molecule has 1 aromatic rings. The van der Waals surface area contributed by atoms with Crippen LogP contribution in [0.3, 0.4) is 0 Å². The third kappa shape index (κ3) is 3.39. The van der Waals surface area contributed by atoms with Crippen LogP contribution in [0.5, 0.6) is 0 Å². The van der Waals surface area contributed by atoms with Crippen molar-refractivity contribution >= 4 is 0 Å². The molecule has 1 N–H and O–H groups in total. The molecule has 112 valence electrons. The van der Waals surface area contributed by atoms with Crippen molar-refractivity contribution in [3.05, 3.63) is 35.6 Å². The molecule has 1 heterocycles. The number of hydrogen-bond donors (Lipinski definition) is 1. The van der Waals surface area contributed by atoms with Crippen molar-refractivity contribution < 1.29 is 4.39 Å². The van der Waals surface area contributed by atoms with Gasteiger partial charge in [-0.15, -0.1) is 0 Å². The molecule has 3 unspecified atom stereocenters. The van der Waals surface area contributed by atoms with Crippen LogP contribution in [0.15, 0.2) is 24.3 Å². The van der Waals surface area contributed by atoms with Crippen molar-refractivity contribution in [3.63, 3.8) is 0 Å². The number of rotatable bonds is 4. The molecule has 20 heavy (non-hydrogen) atoms.